The molecule has 1 aliphatic heterocycles. The summed E-state index contributed by atoms with van der Waals surface area (Å²) >= 11 is 0. The first-order chi connectivity index (χ1) is 13.3. The maximum Gasteiger partial charge on any atom is 0.366 e. The summed E-state index contributed by atoms with van der Waals surface area (Å²) in [6, 6.07) is 12.1. The first-order valence-electron chi connectivity index (χ1n) is 8.64. The van der Waals surface area contributed by atoms with E-state index in [2.05, 4.69) is 4.98 Å². The van der Waals surface area contributed by atoms with Crippen LogP contribution in [0.25, 0.3) is 0 Å². The summed E-state index contributed by atoms with van der Waals surface area (Å²) in [5.74, 6) is -1.50. The van der Waals surface area contributed by atoms with Crippen molar-refractivity contribution in [2.45, 2.75) is 25.9 Å². The summed E-state index contributed by atoms with van der Waals surface area (Å²) in [6.07, 6.45) is 0.537. The van der Waals surface area contributed by atoms with Crippen molar-refractivity contribution < 1.29 is 24.0 Å². The van der Waals surface area contributed by atoms with Gasteiger partial charge < -0.3 is 19.6 Å². The van der Waals surface area contributed by atoms with Gasteiger partial charge in [0.1, 0.15) is 6.54 Å². The molecule has 0 radical (unpaired) electrons. The van der Waals surface area contributed by atoms with Gasteiger partial charge in [0.2, 0.25) is 0 Å². The van der Waals surface area contributed by atoms with E-state index in [1.807, 2.05) is 30.3 Å². The molecule has 0 atom stereocenters. The monoisotopic (exact) mass is 385 g/mol. The number of hydrogen-bond acceptors (Lipinski definition) is 7. The molecule has 0 saturated carbocycles. The van der Waals surface area contributed by atoms with Gasteiger partial charge in [0.25, 0.3) is 11.7 Å². The number of rotatable bonds is 6. The van der Waals surface area contributed by atoms with E-state index in [0.717, 1.165) is 10.5 Å². The van der Waals surface area contributed by atoms with Crippen LogP contribution in [-0.4, -0.2) is 40.5 Å². The van der Waals surface area contributed by atoms with Crippen LogP contribution in [0.4, 0.5) is 11.6 Å². The second-order valence-electron chi connectivity index (χ2n) is 6.71. The summed E-state index contributed by atoms with van der Waals surface area (Å²) in [7, 11) is 0. The second-order valence-corrected chi connectivity index (χ2v) is 6.71. The highest BCUT2D eigenvalue weighted by molar-refractivity contribution is 6.04. The molecule has 146 valence electrons. The predicted molar refractivity (Wildman–Crippen MR) is 99.1 cm³/mol. The topological polar surface area (TPSA) is 112 Å². The van der Waals surface area contributed by atoms with Crippen molar-refractivity contribution in [1.82, 2.24) is 4.98 Å². The zero-order valence-corrected chi connectivity index (χ0v) is 15.5. The van der Waals surface area contributed by atoms with Gasteiger partial charge in [-0.05, 0) is 35.4 Å². The average Bonchev–Trinajstić information content (AvgIpc) is 2.65. The van der Waals surface area contributed by atoms with Crippen LogP contribution >= 0.6 is 0 Å². The van der Waals surface area contributed by atoms with Crippen molar-refractivity contribution in [3.63, 3.8) is 0 Å². The Morgan fingerprint density at radius 3 is 2.64 bits per heavy atom. The zero-order chi connectivity index (χ0) is 20.3. The Labute approximate surface area is 161 Å². The van der Waals surface area contributed by atoms with Crippen LogP contribution in [0.2, 0.25) is 0 Å². The highest BCUT2D eigenvalue weighted by Gasteiger charge is 2.45. The van der Waals surface area contributed by atoms with Gasteiger partial charge in [-0.2, -0.15) is 0 Å². The number of anilines is 1. The highest BCUT2D eigenvalue weighted by Crippen LogP contribution is 2.37. The van der Waals surface area contributed by atoms with Crippen LogP contribution < -0.4 is 9.64 Å². The number of carbonyl (C=O) groups is 2. The third-order valence-electron chi connectivity index (χ3n) is 4.18. The molecule has 0 saturated heterocycles. The first kappa shape index (κ1) is 19.3. The van der Waals surface area contributed by atoms with Crippen LogP contribution in [-0.2, 0) is 20.7 Å². The van der Waals surface area contributed by atoms with Crippen LogP contribution in [0.1, 0.15) is 19.4 Å². The van der Waals surface area contributed by atoms with E-state index in [0.29, 0.717) is 6.42 Å². The number of fused-ring (bicyclic) bond motifs is 1. The fourth-order valence-electron chi connectivity index (χ4n) is 2.79. The molecule has 0 bridgehead atoms. The third-order valence-corrected chi connectivity index (χ3v) is 4.18. The predicted octanol–water partition coefficient (Wildman–Crippen LogP) is 2.28. The minimum Gasteiger partial charge on any atom is -0.472 e. The lowest BCUT2D eigenvalue weighted by Gasteiger charge is -2.35. The van der Waals surface area contributed by atoms with Gasteiger partial charge in [0.15, 0.2) is 11.4 Å². The number of benzene rings is 1. The van der Waals surface area contributed by atoms with Crippen LogP contribution in [0.3, 0.4) is 0 Å². The normalized spacial score (nSPS) is 14.8. The molecular weight excluding hydrogens is 366 g/mol. The molecule has 3 rings (SSSR count). The van der Waals surface area contributed by atoms with Gasteiger partial charge in [-0.3, -0.25) is 14.5 Å². The summed E-state index contributed by atoms with van der Waals surface area (Å²) in [4.78, 5) is 40.2. The Bertz CT molecular complexity index is 913. The first-order valence-corrected chi connectivity index (χ1v) is 8.64. The van der Waals surface area contributed by atoms with Crippen molar-refractivity contribution in [2.24, 2.45) is 0 Å². The third kappa shape index (κ3) is 4.08. The minimum absolute atomic E-state index is 0.0708. The van der Waals surface area contributed by atoms with Gasteiger partial charge in [-0.25, -0.2) is 0 Å². The van der Waals surface area contributed by atoms with E-state index in [9.17, 15) is 19.7 Å². The maximum atomic E-state index is 12.7. The molecule has 0 unspecified atom stereocenters. The summed E-state index contributed by atoms with van der Waals surface area (Å²) in [5, 5.41) is 11.0. The van der Waals surface area contributed by atoms with E-state index in [-0.39, 0.29) is 18.2 Å². The van der Waals surface area contributed by atoms with Crippen molar-refractivity contribution in [1.29, 1.82) is 0 Å². The fourth-order valence-corrected chi connectivity index (χ4v) is 2.79. The van der Waals surface area contributed by atoms with Crippen molar-refractivity contribution in [3.05, 3.63) is 58.1 Å². The van der Waals surface area contributed by atoms with Gasteiger partial charge in [0.05, 0.1) is 6.61 Å². The zero-order valence-electron chi connectivity index (χ0n) is 15.5. The van der Waals surface area contributed by atoms with Gasteiger partial charge in [0, 0.05) is 12.5 Å². The minimum atomic E-state index is -1.24. The number of aromatic nitrogens is 1. The Balaban J connectivity index is 1.74. The van der Waals surface area contributed by atoms with E-state index in [1.54, 1.807) is 13.8 Å². The Morgan fingerprint density at radius 2 is 1.96 bits per heavy atom. The van der Waals surface area contributed by atoms with Crippen LogP contribution in [0.5, 0.6) is 5.75 Å². The number of hydrogen-bond donors (Lipinski definition) is 0. The smallest absolute Gasteiger partial charge is 0.366 e. The molecule has 9 heteroatoms. The second kappa shape index (κ2) is 7.63. The summed E-state index contributed by atoms with van der Waals surface area (Å²) in [5.41, 5.74) is -0.226. The Hall–Kier alpha value is -3.49. The molecule has 1 aromatic carbocycles. The van der Waals surface area contributed by atoms with Crippen molar-refractivity contribution in [2.75, 3.05) is 18.1 Å². The lowest BCUT2D eigenvalue weighted by Crippen LogP contribution is -2.54. The van der Waals surface area contributed by atoms with Gasteiger partial charge >= 0.3 is 11.8 Å². The number of nitrogens with zero attached hydrogens (tertiary/aromatic N) is 3. The van der Waals surface area contributed by atoms with E-state index in [1.165, 1.54) is 12.1 Å². The lowest BCUT2D eigenvalue weighted by molar-refractivity contribution is -0.389. The number of ether oxygens (including phenoxy) is 2. The Morgan fingerprint density at radius 1 is 1.25 bits per heavy atom. The molecule has 1 amide bonds. The molecule has 0 fully saturated rings. The highest BCUT2D eigenvalue weighted by atomic mass is 16.6. The van der Waals surface area contributed by atoms with Gasteiger partial charge in [-0.1, -0.05) is 30.3 Å². The molecule has 0 aliphatic carbocycles. The largest absolute Gasteiger partial charge is 0.472 e. The average molecular weight is 385 g/mol. The molecule has 0 N–H and O–H groups in total. The molecule has 0 spiro atoms. The van der Waals surface area contributed by atoms with Crippen LogP contribution in [0.15, 0.2) is 42.5 Å². The molecule has 2 heterocycles. The number of pyridine rings is 1. The standard InChI is InChI=1S/C19H19N3O6/c1-19(2)18(24)21(17-14(28-19)8-9-15(20-17)22(25)26)12-16(23)27-11-10-13-6-4-3-5-7-13/h3-9H,10-12H2,1-2H3. The maximum absolute atomic E-state index is 12.7. The number of esters is 1. The van der Waals surface area contributed by atoms with Gasteiger partial charge in [-0.15, -0.1) is 0 Å². The Kier molecular flexibility index (Phi) is 5.25. The summed E-state index contributed by atoms with van der Waals surface area (Å²) < 4.78 is 10.8. The fraction of sp³-hybridized carbons (Fsp3) is 0.316. The van der Waals surface area contributed by atoms with E-state index < -0.39 is 34.8 Å². The lowest BCUT2D eigenvalue weighted by atomic mass is 10.1. The molecular formula is C19H19N3O6. The van der Waals surface area contributed by atoms with E-state index in [4.69, 9.17) is 9.47 Å². The number of carbonyl (C=O) groups excluding carboxylic acids is 2. The van der Waals surface area contributed by atoms with Crippen molar-refractivity contribution in [3.8, 4) is 5.75 Å². The number of amides is 1. The van der Waals surface area contributed by atoms with E-state index >= 15 is 0 Å². The molecule has 28 heavy (non-hydrogen) atoms. The number of nitro groups is 1. The SMILES string of the molecule is CC1(C)Oc2ccc([N+](=O)[O-])nc2N(CC(=O)OCCc2ccccc2)C1=O. The molecule has 1 aromatic heterocycles. The summed E-state index contributed by atoms with van der Waals surface area (Å²) in [6.45, 7) is 2.84. The quantitative estimate of drug-likeness (QED) is 0.426. The molecule has 2 aromatic rings. The molecule has 1 aliphatic rings. The molecule has 9 nitrogen and oxygen atoms in total. The van der Waals surface area contributed by atoms with Crippen molar-refractivity contribution >= 4 is 23.5 Å². The van der Waals surface area contributed by atoms with Crippen LogP contribution in [0, 0.1) is 10.1 Å².